The van der Waals surface area contributed by atoms with E-state index in [9.17, 15) is 9.59 Å². The van der Waals surface area contributed by atoms with Gasteiger partial charge >= 0.3 is 5.97 Å². The Morgan fingerprint density at radius 3 is 2.62 bits per heavy atom. The van der Waals surface area contributed by atoms with Crippen LogP contribution in [0.5, 0.6) is 0 Å². The van der Waals surface area contributed by atoms with E-state index in [1.807, 2.05) is 50.4 Å². The van der Waals surface area contributed by atoms with Gasteiger partial charge in [0.2, 0.25) is 0 Å². The molecule has 0 spiro atoms. The Bertz CT molecular complexity index is 829. The van der Waals surface area contributed by atoms with Crippen molar-refractivity contribution in [3.05, 3.63) is 53.3 Å². The monoisotopic (exact) mass is 399 g/mol. The summed E-state index contributed by atoms with van der Waals surface area (Å²) in [6.45, 7) is 5.00. The van der Waals surface area contributed by atoms with Gasteiger partial charge < -0.3 is 14.4 Å². The van der Waals surface area contributed by atoms with Gasteiger partial charge in [0.05, 0.1) is 24.8 Å². The summed E-state index contributed by atoms with van der Waals surface area (Å²) in [5, 5.41) is 4.49. The minimum absolute atomic E-state index is 0.107. The van der Waals surface area contributed by atoms with Crippen molar-refractivity contribution in [2.75, 3.05) is 20.3 Å². The third-order valence-electron chi connectivity index (χ3n) is 5.36. The van der Waals surface area contributed by atoms with Crippen LogP contribution in [0, 0.1) is 18.8 Å². The maximum Gasteiger partial charge on any atom is 0.309 e. The molecule has 1 aromatic heterocycles. The molecule has 1 aromatic carbocycles. The number of aryl methyl sites for hydroxylation is 2. The quantitative estimate of drug-likeness (QED) is 0.606. The standard InChI is InChI=1S/C22H29N3O4/c1-5-29-22(27)19-12-17(19)13-25(14-18-11-15(2)24(3)23-18)21(26)20(28-4)16-9-7-6-8-10-16/h6-11,17,19-20H,5,12-14H2,1-4H3/t17-,19+,20-/m1/s1. The third-order valence-corrected chi connectivity index (χ3v) is 5.36. The SMILES string of the molecule is CCOC(=O)[C@H]1C[C@@H]1CN(Cc1cc(C)n(C)n1)C(=O)[C@H](OC)c1ccccc1. The molecule has 0 unspecified atom stereocenters. The second-order valence-electron chi connectivity index (χ2n) is 7.50. The summed E-state index contributed by atoms with van der Waals surface area (Å²) in [5.74, 6) is -0.328. The van der Waals surface area contributed by atoms with Crippen molar-refractivity contribution < 1.29 is 19.1 Å². The average Bonchev–Trinajstić information content (AvgIpc) is 3.40. The molecule has 7 nitrogen and oxygen atoms in total. The second-order valence-corrected chi connectivity index (χ2v) is 7.50. The summed E-state index contributed by atoms with van der Waals surface area (Å²) >= 11 is 0. The van der Waals surface area contributed by atoms with Gasteiger partial charge in [-0.25, -0.2) is 0 Å². The van der Waals surface area contributed by atoms with Crippen molar-refractivity contribution in [1.29, 1.82) is 0 Å². The molecule has 1 fully saturated rings. The number of esters is 1. The normalized spacial score (nSPS) is 18.9. The van der Waals surface area contributed by atoms with Crippen LogP contribution in [0.2, 0.25) is 0 Å². The number of carbonyl (C=O) groups is 2. The van der Waals surface area contributed by atoms with Crippen LogP contribution in [0.4, 0.5) is 0 Å². The van der Waals surface area contributed by atoms with E-state index >= 15 is 0 Å². The van der Waals surface area contributed by atoms with Crippen LogP contribution in [0.3, 0.4) is 0 Å². The molecule has 0 bridgehead atoms. The fourth-order valence-electron chi connectivity index (χ4n) is 3.58. The van der Waals surface area contributed by atoms with Gasteiger partial charge in [-0.15, -0.1) is 0 Å². The predicted molar refractivity (Wildman–Crippen MR) is 108 cm³/mol. The number of carbonyl (C=O) groups excluding carboxylic acids is 2. The Hall–Kier alpha value is -2.67. The first-order valence-electron chi connectivity index (χ1n) is 9.97. The van der Waals surface area contributed by atoms with E-state index in [4.69, 9.17) is 9.47 Å². The van der Waals surface area contributed by atoms with E-state index in [0.717, 1.165) is 23.4 Å². The molecule has 0 radical (unpaired) electrons. The maximum atomic E-state index is 13.4. The van der Waals surface area contributed by atoms with Crippen LogP contribution >= 0.6 is 0 Å². The fourth-order valence-corrected chi connectivity index (χ4v) is 3.58. The van der Waals surface area contributed by atoms with Gasteiger partial charge in [0, 0.05) is 26.4 Å². The minimum atomic E-state index is -0.694. The lowest BCUT2D eigenvalue weighted by atomic mass is 10.1. The summed E-state index contributed by atoms with van der Waals surface area (Å²) in [6.07, 6.45) is 0.0492. The largest absolute Gasteiger partial charge is 0.466 e. The number of nitrogens with zero attached hydrogens (tertiary/aromatic N) is 3. The van der Waals surface area contributed by atoms with Gasteiger partial charge in [0.1, 0.15) is 0 Å². The van der Waals surface area contributed by atoms with Crippen LogP contribution in [-0.2, 0) is 32.7 Å². The first-order valence-corrected chi connectivity index (χ1v) is 9.97. The third kappa shape index (κ3) is 5.03. The molecule has 7 heteroatoms. The highest BCUT2D eigenvalue weighted by Gasteiger charge is 2.46. The Kier molecular flexibility index (Phi) is 6.69. The van der Waals surface area contributed by atoms with Crippen LogP contribution < -0.4 is 0 Å². The number of ether oxygens (including phenoxy) is 2. The van der Waals surface area contributed by atoms with Crippen LogP contribution in [0.25, 0.3) is 0 Å². The Morgan fingerprint density at radius 2 is 2.03 bits per heavy atom. The number of hydrogen-bond donors (Lipinski definition) is 0. The maximum absolute atomic E-state index is 13.4. The Morgan fingerprint density at radius 1 is 1.31 bits per heavy atom. The molecule has 0 N–H and O–H groups in total. The zero-order valence-electron chi connectivity index (χ0n) is 17.5. The summed E-state index contributed by atoms with van der Waals surface area (Å²) in [5.41, 5.74) is 2.64. The Balaban J connectivity index is 1.78. The summed E-state index contributed by atoms with van der Waals surface area (Å²) in [7, 11) is 3.42. The molecule has 3 atom stereocenters. The molecule has 1 amide bonds. The summed E-state index contributed by atoms with van der Waals surface area (Å²) < 4.78 is 12.5. The van der Waals surface area contributed by atoms with Crippen molar-refractivity contribution >= 4 is 11.9 Å². The van der Waals surface area contributed by atoms with Crippen LogP contribution in [0.15, 0.2) is 36.4 Å². The molecule has 156 valence electrons. The van der Waals surface area contributed by atoms with Gasteiger partial charge in [0.15, 0.2) is 6.10 Å². The lowest BCUT2D eigenvalue weighted by molar-refractivity contribution is -0.147. The molecule has 3 rings (SSSR count). The van der Waals surface area contributed by atoms with E-state index in [2.05, 4.69) is 5.10 Å². The number of hydrogen-bond acceptors (Lipinski definition) is 5. The zero-order valence-corrected chi connectivity index (χ0v) is 17.5. The van der Waals surface area contributed by atoms with Crippen molar-refractivity contribution in [3.63, 3.8) is 0 Å². The average molecular weight is 399 g/mol. The number of benzene rings is 1. The highest BCUT2D eigenvalue weighted by molar-refractivity contribution is 5.82. The van der Waals surface area contributed by atoms with Crippen LogP contribution in [-0.4, -0.2) is 46.8 Å². The number of aromatic nitrogens is 2. The van der Waals surface area contributed by atoms with E-state index < -0.39 is 6.10 Å². The van der Waals surface area contributed by atoms with Crippen molar-refractivity contribution in [3.8, 4) is 0 Å². The fraction of sp³-hybridized carbons (Fsp3) is 0.500. The van der Waals surface area contributed by atoms with E-state index in [-0.39, 0.29) is 23.7 Å². The molecule has 1 aliphatic carbocycles. The van der Waals surface area contributed by atoms with Crippen LogP contribution in [0.1, 0.15) is 36.4 Å². The minimum Gasteiger partial charge on any atom is -0.466 e. The van der Waals surface area contributed by atoms with Gasteiger partial charge in [0.25, 0.3) is 5.91 Å². The predicted octanol–water partition coefficient (Wildman–Crippen LogP) is 2.64. The summed E-state index contributed by atoms with van der Waals surface area (Å²) in [6, 6.07) is 11.4. The smallest absolute Gasteiger partial charge is 0.309 e. The molecule has 1 heterocycles. The lowest BCUT2D eigenvalue weighted by Gasteiger charge is -2.26. The molecule has 29 heavy (non-hydrogen) atoms. The Labute approximate surface area is 171 Å². The first kappa shape index (κ1) is 21.0. The molecular formula is C22H29N3O4. The summed E-state index contributed by atoms with van der Waals surface area (Å²) in [4.78, 5) is 27.2. The van der Waals surface area contributed by atoms with Gasteiger partial charge in [-0.1, -0.05) is 30.3 Å². The molecule has 0 aliphatic heterocycles. The van der Waals surface area contributed by atoms with Gasteiger partial charge in [-0.3, -0.25) is 14.3 Å². The highest BCUT2D eigenvalue weighted by atomic mass is 16.5. The first-order chi connectivity index (χ1) is 13.9. The zero-order chi connectivity index (χ0) is 21.0. The van der Waals surface area contributed by atoms with Crippen molar-refractivity contribution in [2.24, 2.45) is 18.9 Å². The van der Waals surface area contributed by atoms with E-state index in [1.165, 1.54) is 7.11 Å². The molecular weight excluding hydrogens is 370 g/mol. The highest BCUT2D eigenvalue weighted by Crippen LogP contribution is 2.40. The van der Waals surface area contributed by atoms with E-state index in [1.54, 1.807) is 16.5 Å². The topological polar surface area (TPSA) is 73.7 Å². The lowest BCUT2D eigenvalue weighted by Crippen LogP contribution is -2.37. The second kappa shape index (κ2) is 9.22. The number of amides is 1. The molecule has 1 aliphatic rings. The van der Waals surface area contributed by atoms with E-state index in [0.29, 0.717) is 19.7 Å². The van der Waals surface area contributed by atoms with Crippen molar-refractivity contribution in [1.82, 2.24) is 14.7 Å². The van der Waals surface area contributed by atoms with Gasteiger partial charge in [-0.05, 0) is 37.8 Å². The number of methoxy groups -OCH3 is 1. The molecule has 0 saturated heterocycles. The van der Waals surface area contributed by atoms with Crippen molar-refractivity contribution in [2.45, 2.75) is 32.9 Å². The number of rotatable bonds is 9. The van der Waals surface area contributed by atoms with Gasteiger partial charge in [-0.2, -0.15) is 5.10 Å². The molecule has 2 aromatic rings. The molecule has 1 saturated carbocycles.